The third-order valence-corrected chi connectivity index (χ3v) is 2.79. The summed E-state index contributed by atoms with van der Waals surface area (Å²) in [6.45, 7) is 1.26. The quantitative estimate of drug-likeness (QED) is 0.800. The first-order chi connectivity index (χ1) is 8.34. The molecule has 17 heavy (non-hydrogen) atoms. The molecule has 6 nitrogen and oxygen atoms in total. The number of aromatic amines is 1. The zero-order valence-corrected chi connectivity index (χ0v) is 9.22. The van der Waals surface area contributed by atoms with Crippen molar-refractivity contribution in [1.29, 1.82) is 0 Å². The number of nitrogens with one attached hydrogen (secondary N) is 1. The van der Waals surface area contributed by atoms with Gasteiger partial charge < -0.3 is 0 Å². The molecular formula is C11H12N4O2. The SMILES string of the molecule is O=C(c1ccc2n[nH]nc2c1)N1CCCCO1. The molecule has 1 aliphatic heterocycles. The third-order valence-electron chi connectivity index (χ3n) is 2.79. The fraction of sp³-hybridized carbons (Fsp3) is 0.364. The van der Waals surface area contributed by atoms with Crippen molar-refractivity contribution in [2.45, 2.75) is 12.8 Å². The number of H-pyrrole nitrogens is 1. The number of fused-ring (bicyclic) bond motifs is 1. The van der Waals surface area contributed by atoms with Gasteiger partial charge in [0.15, 0.2) is 0 Å². The molecule has 1 aromatic carbocycles. The molecule has 0 aliphatic carbocycles. The van der Waals surface area contributed by atoms with Gasteiger partial charge in [0.1, 0.15) is 11.0 Å². The van der Waals surface area contributed by atoms with E-state index in [1.54, 1.807) is 18.2 Å². The summed E-state index contributed by atoms with van der Waals surface area (Å²) in [7, 11) is 0. The van der Waals surface area contributed by atoms with Gasteiger partial charge >= 0.3 is 0 Å². The van der Waals surface area contributed by atoms with Gasteiger partial charge in [0, 0.05) is 12.1 Å². The van der Waals surface area contributed by atoms with E-state index in [1.807, 2.05) is 0 Å². The maximum atomic E-state index is 12.1. The Kier molecular flexibility index (Phi) is 2.49. The minimum atomic E-state index is -0.116. The van der Waals surface area contributed by atoms with E-state index in [1.165, 1.54) is 5.06 Å². The summed E-state index contributed by atoms with van der Waals surface area (Å²) in [5.74, 6) is -0.116. The van der Waals surface area contributed by atoms with E-state index in [-0.39, 0.29) is 5.91 Å². The molecule has 1 aliphatic rings. The predicted octanol–water partition coefficient (Wildman–Crippen LogP) is 1.13. The van der Waals surface area contributed by atoms with Gasteiger partial charge in [-0.1, -0.05) is 0 Å². The number of nitrogens with zero attached hydrogens (tertiary/aromatic N) is 3. The summed E-state index contributed by atoms with van der Waals surface area (Å²) in [4.78, 5) is 17.4. The minimum absolute atomic E-state index is 0.116. The van der Waals surface area contributed by atoms with Crippen LogP contribution in [-0.4, -0.2) is 39.5 Å². The monoisotopic (exact) mass is 232 g/mol. The van der Waals surface area contributed by atoms with Crippen LogP contribution < -0.4 is 0 Å². The van der Waals surface area contributed by atoms with Crippen LogP contribution in [0.5, 0.6) is 0 Å². The molecule has 6 heteroatoms. The van der Waals surface area contributed by atoms with Crippen molar-refractivity contribution < 1.29 is 9.63 Å². The lowest BCUT2D eigenvalue weighted by atomic mass is 10.2. The maximum absolute atomic E-state index is 12.1. The van der Waals surface area contributed by atoms with Crippen LogP contribution in [0.3, 0.4) is 0 Å². The molecule has 2 heterocycles. The van der Waals surface area contributed by atoms with Crippen molar-refractivity contribution in [2.75, 3.05) is 13.2 Å². The molecule has 3 rings (SSSR count). The maximum Gasteiger partial charge on any atom is 0.277 e. The van der Waals surface area contributed by atoms with Crippen LogP contribution in [0.2, 0.25) is 0 Å². The lowest BCUT2D eigenvalue weighted by Gasteiger charge is -2.25. The molecule has 1 amide bonds. The number of hydrogen-bond acceptors (Lipinski definition) is 4. The third kappa shape index (κ3) is 1.87. The molecule has 0 atom stereocenters. The van der Waals surface area contributed by atoms with Crippen LogP contribution in [0.15, 0.2) is 18.2 Å². The van der Waals surface area contributed by atoms with Gasteiger partial charge in [-0.25, -0.2) is 5.06 Å². The zero-order valence-electron chi connectivity index (χ0n) is 9.22. The van der Waals surface area contributed by atoms with Crippen molar-refractivity contribution in [1.82, 2.24) is 20.5 Å². The smallest absolute Gasteiger partial charge is 0.271 e. The first-order valence-electron chi connectivity index (χ1n) is 5.60. The second kappa shape index (κ2) is 4.14. The Hall–Kier alpha value is -1.95. The van der Waals surface area contributed by atoms with Gasteiger partial charge in [-0.15, -0.1) is 0 Å². The highest BCUT2D eigenvalue weighted by atomic mass is 16.7. The first-order valence-corrected chi connectivity index (χ1v) is 5.60. The number of aromatic nitrogens is 3. The Bertz CT molecular complexity index is 545. The topological polar surface area (TPSA) is 71.1 Å². The highest BCUT2D eigenvalue weighted by Gasteiger charge is 2.19. The molecule has 0 spiro atoms. The van der Waals surface area contributed by atoms with Gasteiger partial charge in [0.2, 0.25) is 0 Å². The molecule has 1 fully saturated rings. The molecule has 1 aromatic heterocycles. The Morgan fingerprint density at radius 1 is 1.29 bits per heavy atom. The van der Waals surface area contributed by atoms with Crippen LogP contribution in [0, 0.1) is 0 Å². The fourth-order valence-corrected chi connectivity index (χ4v) is 1.87. The average Bonchev–Trinajstić information content (AvgIpc) is 2.86. The minimum Gasteiger partial charge on any atom is -0.271 e. The van der Waals surface area contributed by atoms with Gasteiger partial charge in [-0.05, 0) is 31.0 Å². The lowest BCUT2D eigenvalue weighted by Crippen LogP contribution is -2.35. The number of rotatable bonds is 1. The average molecular weight is 232 g/mol. The van der Waals surface area contributed by atoms with E-state index < -0.39 is 0 Å². The van der Waals surface area contributed by atoms with Crippen LogP contribution in [0.4, 0.5) is 0 Å². The highest BCUT2D eigenvalue weighted by Crippen LogP contribution is 2.15. The molecule has 0 bridgehead atoms. The van der Waals surface area contributed by atoms with E-state index in [2.05, 4.69) is 15.4 Å². The van der Waals surface area contributed by atoms with Gasteiger partial charge in [0.25, 0.3) is 5.91 Å². The predicted molar refractivity (Wildman–Crippen MR) is 60.1 cm³/mol. The standard InChI is InChI=1S/C11H12N4O2/c16-11(15-5-1-2-6-17-15)8-3-4-9-10(7-8)13-14-12-9/h3-4,7H,1-2,5-6H2,(H,12,13,14). The molecule has 2 aromatic rings. The Labute approximate surface area is 97.5 Å². The Balaban J connectivity index is 1.88. The Morgan fingerprint density at radius 2 is 2.18 bits per heavy atom. The summed E-state index contributed by atoms with van der Waals surface area (Å²) >= 11 is 0. The number of amides is 1. The van der Waals surface area contributed by atoms with E-state index in [4.69, 9.17) is 4.84 Å². The second-order valence-corrected chi connectivity index (χ2v) is 3.97. The first kappa shape index (κ1) is 10.2. The van der Waals surface area contributed by atoms with E-state index in [0.29, 0.717) is 24.2 Å². The van der Waals surface area contributed by atoms with Crippen molar-refractivity contribution in [2.24, 2.45) is 0 Å². The number of benzene rings is 1. The number of carbonyl (C=O) groups excluding carboxylic acids is 1. The molecule has 0 saturated carbocycles. The zero-order chi connectivity index (χ0) is 11.7. The van der Waals surface area contributed by atoms with E-state index in [0.717, 1.165) is 18.4 Å². The van der Waals surface area contributed by atoms with Gasteiger partial charge in [-0.2, -0.15) is 15.4 Å². The van der Waals surface area contributed by atoms with Crippen LogP contribution in [0.1, 0.15) is 23.2 Å². The molecular weight excluding hydrogens is 220 g/mol. The summed E-state index contributed by atoms with van der Waals surface area (Å²) in [5, 5.41) is 11.8. The van der Waals surface area contributed by atoms with Gasteiger partial charge in [-0.3, -0.25) is 9.63 Å². The van der Waals surface area contributed by atoms with Crippen LogP contribution in [0.25, 0.3) is 11.0 Å². The molecule has 0 unspecified atom stereocenters. The summed E-state index contributed by atoms with van der Waals surface area (Å²) in [6.07, 6.45) is 1.99. The van der Waals surface area contributed by atoms with Crippen LogP contribution >= 0.6 is 0 Å². The molecule has 1 N–H and O–H groups in total. The number of hydrogen-bond donors (Lipinski definition) is 1. The summed E-state index contributed by atoms with van der Waals surface area (Å²) in [6, 6.07) is 5.24. The summed E-state index contributed by atoms with van der Waals surface area (Å²) in [5.41, 5.74) is 2.02. The molecule has 0 radical (unpaired) electrons. The number of carbonyl (C=O) groups is 1. The summed E-state index contributed by atoms with van der Waals surface area (Å²) < 4.78 is 0. The normalized spacial score (nSPS) is 16.4. The molecule has 1 saturated heterocycles. The van der Waals surface area contributed by atoms with Crippen molar-refractivity contribution in [3.05, 3.63) is 23.8 Å². The van der Waals surface area contributed by atoms with E-state index in [9.17, 15) is 4.79 Å². The fourth-order valence-electron chi connectivity index (χ4n) is 1.87. The number of hydroxylamine groups is 2. The highest BCUT2D eigenvalue weighted by molar-refractivity contribution is 5.96. The van der Waals surface area contributed by atoms with Crippen molar-refractivity contribution >= 4 is 16.9 Å². The van der Waals surface area contributed by atoms with Crippen molar-refractivity contribution in [3.63, 3.8) is 0 Å². The molecule has 88 valence electrons. The Morgan fingerprint density at radius 3 is 3.00 bits per heavy atom. The van der Waals surface area contributed by atoms with Crippen molar-refractivity contribution in [3.8, 4) is 0 Å². The van der Waals surface area contributed by atoms with Gasteiger partial charge in [0.05, 0.1) is 6.61 Å². The lowest BCUT2D eigenvalue weighted by molar-refractivity contribution is -0.144. The second-order valence-electron chi connectivity index (χ2n) is 3.97. The van der Waals surface area contributed by atoms with Crippen LogP contribution in [-0.2, 0) is 4.84 Å². The van der Waals surface area contributed by atoms with E-state index >= 15 is 0 Å². The largest absolute Gasteiger partial charge is 0.277 e.